The molecule has 0 fully saturated rings. The smallest absolute Gasteiger partial charge is 0.170 e. The molecular formula is C23H34N2S. The fourth-order valence-corrected chi connectivity index (χ4v) is 3.53. The summed E-state index contributed by atoms with van der Waals surface area (Å²) in [6.07, 6.45) is 13.6. The van der Waals surface area contributed by atoms with Gasteiger partial charge in [-0.15, -0.1) is 0 Å². The first-order chi connectivity index (χ1) is 12.8. The van der Waals surface area contributed by atoms with Gasteiger partial charge < -0.3 is 10.6 Å². The molecule has 0 heterocycles. The molecule has 0 atom stereocenters. The Labute approximate surface area is 164 Å². The van der Waals surface area contributed by atoms with E-state index in [9.17, 15) is 0 Å². The third-order valence-corrected chi connectivity index (χ3v) is 5.10. The van der Waals surface area contributed by atoms with Gasteiger partial charge in [-0.2, -0.15) is 0 Å². The summed E-state index contributed by atoms with van der Waals surface area (Å²) in [6, 6.07) is 14.7. The van der Waals surface area contributed by atoms with Crippen LogP contribution >= 0.6 is 12.2 Å². The molecule has 26 heavy (non-hydrogen) atoms. The topological polar surface area (TPSA) is 24.1 Å². The minimum Gasteiger partial charge on any atom is -0.362 e. The van der Waals surface area contributed by atoms with Crippen LogP contribution in [0.15, 0.2) is 42.5 Å². The van der Waals surface area contributed by atoms with Crippen LogP contribution < -0.4 is 10.6 Å². The molecule has 0 aliphatic rings. The van der Waals surface area contributed by atoms with E-state index in [1.165, 1.54) is 75.0 Å². The van der Waals surface area contributed by atoms with E-state index in [1.807, 2.05) is 0 Å². The standard InChI is InChI=1S/C23H34N2S/c1-2-3-4-5-6-7-8-9-10-13-19-24-23(26)25-22-18-14-16-20-15-11-12-17-21(20)22/h11-12,14-18H,2-10,13,19H2,1H3,(H2,24,25,26). The van der Waals surface area contributed by atoms with Crippen molar-refractivity contribution in [1.29, 1.82) is 0 Å². The largest absolute Gasteiger partial charge is 0.362 e. The molecule has 0 radical (unpaired) electrons. The van der Waals surface area contributed by atoms with Crippen molar-refractivity contribution < 1.29 is 0 Å². The van der Waals surface area contributed by atoms with Crippen molar-refractivity contribution >= 4 is 33.8 Å². The predicted octanol–water partition coefficient (Wildman–Crippen LogP) is 7.05. The average Bonchev–Trinajstić information content (AvgIpc) is 2.66. The minimum atomic E-state index is 0.720. The van der Waals surface area contributed by atoms with E-state index in [0.29, 0.717) is 0 Å². The summed E-state index contributed by atoms with van der Waals surface area (Å²) in [4.78, 5) is 0. The Morgan fingerprint density at radius 2 is 1.38 bits per heavy atom. The fourth-order valence-electron chi connectivity index (χ4n) is 3.32. The minimum absolute atomic E-state index is 0.720. The second-order valence-corrected chi connectivity index (χ2v) is 7.50. The van der Waals surface area contributed by atoms with Crippen molar-refractivity contribution in [3.8, 4) is 0 Å². The highest BCUT2D eigenvalue weighted by molar-refractivity contribution is 7.80. The number of benzene rings is 2. The van der Waals surface area contributed by atoms with Crippen molar-refractivity contribution in [2.24, 2.45) is 0 Å². The van der Waals surface area contributed by atoms with Gasteiger partial charge in [0, 0.05) is 17.6 Å². The molecule has 0 saturated heterocycles. The third-order valence-electron chi connectivity index (χ3n) is 4.85. The number of anilines is 1. The van der Waals surface area contributed by atoms with E-state index < -0.39 is 0 Å². The average molecular weight is 371 g/mol. The first kappa shape index (κ1) is 20.7. The molecule has 0 aromatic heterocycles. The van der Waals surface area contributed by atoms with E-state index in [1.54, 1.807) is 0 Å². The summed E-state index contributed by atoms with van der Waals surface area (Å²) in [5.41, 5.74) is 1.07. The molecule has 3 heteroatoms. The first-order valence-corrected chi connectivity index (χ1v) is 10.7. The zero-order valence-electron chi connectivity index (χ0n) is 16.2. The highest BCUT2D eigenvalue weighted by Crippen LogP contribution is 2.22. The Balaban J connectivity index is 1.54. The third kappa shape index (κ3) is 7.74. The van der Waals surface area contributed by atoms with Gasteiger partial charge in [-0.3, -0.25) is 0 Å². The Kier molecular flexibility index (Phi) is 10.1. The number of fused-ring (bicyclic) bond motifs is 1. The molecule has 0 saturated carbocycles. The number of rotatable bonds is 12. The lowest BCUT2D eigenvalue weighted by molar-refractivity contribution is 0.555. The van der Waals surface area contributed by atoms with Crippen LogP contribution in [0.25, 0.3) is 10.8 Å². The second kappa shape index (κ2) is 12.7. The Morgan fingerprint density at radius 1 is 0.769 bits per heavy atom. The van der Waals surface area contributed by atoms with Gasteiger partial charge in [0.1, 0.15) is 0 Å². The van der Waals surface area contributed by atoms with Crippen LogP contribution in [0.1, 0.15) is 71.1 Å². The van der Waals surface area contributed by atoms with Gasteiger partial charge >= 0.3 is 0 Å². The molecule has 0 unspecified atom stereocenters. The number of unbranched alkanes of at least 4 members (excludes halogenated alkanes) is 9. The number of hydrogen-bond acceptors (Lipinski definition) is 1. The highest BCUT2D eigenvalue weighted by Gasteiger charge is 2.02. The van der Waals surface area contributed by atoms with Gasteiger partial charge in [0.2, 0.25) is 0 Å². The van der Waals surface area contributed by atoms with E-state index in [4.69, 9.17) is 12.2 Å². The maximum Gasteiger partial charge on any atom is 0.170 e. The van der Waals surface area contributed by atoms with Gasteiger partial charge in [0.15, 0.2) is 5.11 Å². The van der Waals surface area contributed by atoms with Gasteiger partial charge in [-0.25, -0.2) is 0 Å². The molecule has 2 rings (SSSR count). The van der Waals surface area contributed by atoms with Gasteiger partial charge in [-0.1, -0.05) is 101 Å². The van der Waals surface area contributed by atoms with Gasteiger partial charge in [-0.05, 0) is 30.1 Å². The molecule has 2 aromatic rings. The zero-order valence-corrected chi connectivity index (χ0v) is 17.0. The van der Waals surface area contributed by atoms with Crippen LogP contribution in [0, 0.1) is 0 Å². The maximum atomic E-state index is 5.45. The van der Waals surface area contributed by atoms with Crippen LogP contribution in [0.3, 0.4) is 0 Å². The van der Waals surface area contributed by atoms with Gasteiger partial charge in [0.25, 0.3) is 0 Å². The van der Waals surface area contributed by atoms with Crippen LogP contribution in [-0.4, -0.2) is 11.7 Å². The van der Waals surface area contributed by atoms with E-state index >= 15 is 0 Å². The quantitative estimate of drug-likeness (QED) is 0.309. The summed E-state index contributed by atoms with van der Waals surface area (Å²) in [7, 11) is 0. The predicted molar refractivity (Wildman–Crippen MR) is 120 cm³/mol. The van der Waals surface area contributed by atoms with E-state index in [0.717, 1.165) is 17.3 Å². The van der Waals surface area contributed by atoms with Crippen molar-refractivity contribution in [2.45, 2.75) is 71.1 Å². The highest BCUT2D eigenvalue weighted by atomic mass is 32.1. The Bertz CT molecular complexity index is 648. The molecule has 0 aliphatic heterocycles. The van der Waals surface area contributed by atoms with Crippen molar-refractivity contribution in [3.05, 3.63) is 42.5 Å². The molecule has 0 spiro atoms. The maximum absolute atomic E-state index is 5.45. The molecule has 2 N–H and O–H groups in total. The van der Waals surface area contributed by atoms with E-state index in [-0.39, 0.29) is 0 Å². The van der Waals surface area contributed by atoms with Gasteiger partial charge in [0.05, 0.1) is 0 Å². The summed E-state index contributed by atoms with van der Waals surface area (Å²) in [5.74, 6) is 0. The summed E-state index contributed by atoms with van der Waals surface area (Å²) < 4.78 is 0. The zero-order chi connectivity index (χ0) is 18.5. The number of hydrogen-bond donors (Lipinski definition) is 2. The summed E-state index contributed by atoms with van der Waals surface area (Å²) in [6.45, 7) is 3.23. The van der Waals surface area contributed by atoms with Crippen LogP contribution in [-0.2, 0) is 0 Å². The first-order valence-electron chi connectivity index (χ1n) is 10.3. The lowest BCUT2D eigenvalue weighted by atomic mass is 10.1. The molecule has 2 nitrogen and oxygen atoms in total. The number of thiocarbonyl (C=S) groups is 1. The Morgan fingerprint density at radius 3 is 2.12 bits per heavy atom. The monoisotopic (exact) mass is 370 g/mol. The normalized spacial score (nSPS) is 10.8. The van der Waals surface area contributed by atoms with Crippen molar-refractivity contribution in [1.82, 2.24) is 5.32 Å². The molecule has 142 valence electrons. The fraction of sp³-hybridized carbons (Fsp3) is 0.522. The van der Waals surface area contributed by atoms with Crippen LogP contribution in [0.4, 0.5) is 5.69 Å². The molecule has 0 amide bonds. The van der Waals surface area contributed by atoms with E-state index in [2.05, 4.69) is 60.0 Å². The van der Waals surface area contributed by atoms with Crippen LogP contribution in [0.2, 0.25) is 0 Å². The lowest BCUT2D eigenvalue weighted by Crippen LogP contribution is -2.29. The van der Waals surface area contributed by atoms with Crippen LogP contribution in [0.5, 0.6) is 0 Å². The van der Waals surface area contributed by atoms with Crippen molar-refractivity contribution in [3.63, 3.8) is 0 Å². The number of nitrogens with one attached hydrogen (secondary N) is 2. The lowest BCUT2D eigenvalue weighted by Gasteiger charge is -2.12. The molecular weight excluding hydrogens is 336 g/mol. The molecule has 2 aromatic carbocycles. The molecule has 0 aliphatic carbocycles. The Hall–Kier alpha value is -1.61. The van der Waals surface area contributed by atoms with Crippen molar-refractivity contribution in [2.75, 3.05) is 11.9 Å². The second-order valence-electron chi connectivity index (χ2n) is 7.09. The summed E-state index contributed by atoms with van der Waals surface area (Å²) in [5, 5.41) is 9.84. The SMILES string of the molecule is CCCCCCCCCCCCNC(=S)Nc1cccc2ccccc12. The summed E-state index contributed by atoms with van der Waals surface area (Å²) >= 11 is 5.45. The molecule has 0 bridgehead atoms.